The maximum atomic E-state index is 12.5. The number of sulfonamides is 1. The number of ether oxygens (including phenoxy) is 1. The first-order valence-electron chi connectivity index (χ1n) is 7.18. The quantitative estimate of drug-likeness (QED) is 0.766. The molecule has 6 heteroatoms. The lowest BCUT2D eigenvalue weighted by molar-refractivity contribution is 0.412. The van der Waals surface area contributed by atoms with Crippen LogP contribution in [-0.2, 0) is 16.4 Å². The topological polar surface area (TPSA) is 81.4 Å². The Bertz CT molecular complexity index is 556. The second-order valence-electron chi connectivity index (χ2n) is 5.59. The van der Waals surface area contributed by atoms with Gasteiger partial charge in [0, 0.05) is 6.54 Å². The summed E-state index contributed by atoms with van der Waals surface area (Å²) in [5.74, 6) is 1.33. The van der Waals surface area contributed by atoms with Gasteiger partial charge in [-0.25, -0.2) is 13.1 Å². The molecule has 0 aliphatic heterocycles. The number of benzene rings is 1. The molecule has 0 aliphatic rings. The molecule has 0 amide bonds. The van der Waals surface area contributed by atoms with Crippen LogP contribution in [0.3, 0.4) is 0 Å². The predicted molar refractivity (Wildman–Crippen MR) is 84.9 cm³/mol. The number of rotatable bonds is 8. The molecule has 0 radical (unpaired) electrons. The molecule has 1 rings (SSSR count). The first-order valence-corrected chi connectivity index (χ1v) is 8.66. The summed E-state index contributed by atoms with van der Waals surface area (Å²) in [7, 11) is -1.97. The highest BCUT2D eigenvalue weighted by molar-refractivity contribution is 7.89. The molecule has 0 saturated heterocycles. The lowest BCUT2D eigenvalue weighted by Gasteiger charge is -2.17. The van der Waals surface area contributed by atoms with Crippen molar-refractivity contribution in [2.75, 3.05) is 20.2 Å². The van der Waals surface area contributed by atoms with Crippen molar-refractivity contribution in [3.8, 4) is 5.75 Å². The number of hydrogen-bond donors (Lipinski definition) is 2. The molecule has 0 fully saturated rings. The van der Waals surface area contributed by atoms with Gasteiger partial charge in [-0.1, -0.05) is 20.8 Å². The Labute approximate surface area is 127 Å². The second-order valence-corrected chi connectivity index (χ2v) is 7.32. The third kappa shape index (κ3) is 4.98. The normalized spacial score (nSPS) is 13.4. The first-order chi connectivity index (χ1) is 9.81. The van der Waals surface area contributed by atoms with Crippen LogP contribution in [0.25, 0.3) is 0 Å². The third-order valence-electron chi connectivity index (χ3n) is 3.70. The minimum absolute atomic E-state index is 0.274. The highest BCUT2D eigenvalue weighted by atomic mass is 32.2. The number of hydrogen-bond acceptors (Lipinski definition) is 4. The number of methoxy groups -OCH3 is 1. The van der Waals surface area contributed by atoms with E-state index in [1.54, 1.807) is 25.3 Å². The van der Waals surface area contributed by atoms with Crippen LogP contribution in [0.1, 0.15) is 26.3 Å². The molecule has 21 heavy (non-hydrogen) atoms. The maximum Gasteiger partial charge on any atom is 0.240 e. The minimum Gasteiger partial charge on any atom is -0.497 e. The summed E-state index contributed by atoms with van der Waals surface area (Å²) in [5.41, 5.74) is 6.25. The van der Waals surface area contributed by atoms with Gasteiger partial charge in [0.15, 0.2) is 0 Å². The van der Waals surface area contributed by atoms with Crippen molar-refractivity contribution in [1.29, 1.82) is 0 Å². The zero-order chi connectivity index (χ0) is 16.0. The largest absolute Gasteiger partial charge is 0.497 e. The second kappa shape index (κ2) is 7.77. The Hall–Kier alpha value is -1.11. The fourth-order valence-electron chi connectivity index (χ4n) is 1.85. The highest BCUT2D eigenvalue weighted by Crippen LogP contribution is 2.22. The van der Waals surface area contributed by atoms with E-state index in [-0.39, 0.29) is 10.8 Å². The van der Waals surface area contributed by atoms with Gasteiger partial charge in [-0.05, 0) is 48.6 Å². The molecule has 0 heterocycles. The molecule has 0 spiro atoms. The monoisotopic (exact) mass is 314 g/mol. The SMILES string of the molecule is COc1ccc(S(=O)(=O)NCC(C)C(C)C)c(CCN)c1. The van der Waals surface area contributed by atoms with E-state index in [4.69, 9.17) is 10.5 Å². The summed E-state index contributed by atoms with van der Waals surface area (Å²) in [4.78, 5) is 0.282. The summed E-state index contributed by atoms with van der Waals surface area (Å²) in [6.45, 7) is 6.99. The minimum atomic E-state index is -3.53. The molecule has 3 N–H and O–H groups in total. The van der Waals surface area contributed by atoms with Crippen molar-refractivity contribution in [3.05, 3.63) is 23.8 Å². The van der Waals surface area contributed by atoms with Crippen LogP contribution in [0.4, 0.5) is 0 Å². The van der Waals surface area contributed by atoms with E-state index < -0.39 is 10.0 Å². The van der Waals surface area contributed by atoms with E-state index >= 15 is 0 Å². The van der Waals surface area contributed by atoms with Crippen LogP contribution in [0.2, 0.25) is 0 Å². The summed E-state index contributed by atoms with van der Waals surface area (Å²) >= 11 is 0. The maximum absolute atomic E-state index is 12.5. The van der Waals surface area contributed by atoms with Crippen molar-refractivity contribution in [2.24, 2.45) is 17.6 Å². The molecular weight excluding hydrogens is 288 g/mol. The number of nitrogens with two attached hydrogens (primary N) is 1. The Morgan fingerprint density at radius 2 is 1.95 bits per heavy atom. The van der Waals surface area contributed by atoms with Gasteiger partial charge in [0.25, 0.3) is 0 Å². The van der Waals surface area contributed by atoms with Crippen LogP contribution in [0, 0.1) is 11.8 Å². The molecule has 1 atom stereocenters. The summed E-state index contributed by atoms with van der Waals surface area (Å²) in [5, 5.41) is 0. The molecule has 0 aromatic heterocycles. The van der Waals surface area contributed by atoms with Gasteiger partial charge in [0.2, 0.25) is 10.0 Å². The average molecular weight is 314 g/mol. The van der Waals surface area contributed by atoms with Crippen molar-refractivity contribution >= 4 is 10.0 Å². The van der Waals surface area contributed by atoms with Crippen molar-refractivity contribution in [3.63, 3.8) is 0 Å². The third-order valence-corrected chi connectivity index (χ3v) is 5.23. The van der Waals surface area contributed by atoms with Gasteiger partial charge in [0.05, 0.1) is 12.0 Å². The fourth-order valence-corrected chi connectivity index (χ4v) is 3.24. The molecule has 120 valence electrons. The van der Waals surface area contributed by atoms with E-state index in [1.165, 1.54) is 0 Å². The fraction of sp³-hybridized carbons (Fsp3) is 0.600. The molecule has 0 saturated carbocycles. The summed E-state index contributed by atoms with van der Waals surface area (Å²) < 4.78 is 32.7. The Morgan fingerprint density at radius 1 is 1.29 bits per heavy atom. The van der Waals surface area contributed by atoms with E-state index in [1.807, 2.05) is 6.92 Å². The van der Waals surface area contributed by atoms with Crippen LogP contribution < -0.4 is 15.2 Å². The van der Waals surface area contributed by atoms with Gasteiger partial charge in [-0.2, -0.15) is 0 Å². The van der Waals surface area contributed by atoms with Crippen molar-refractivity contribution < 1.29 is 13.2 Å². The zero-order valence-electron chi connectivity index (χ0n) is 13.2. The molecule has 0 aliphatic carbocycles. The molecule has 0 bridgehead atoms. The average Bonchev–Trinajstić information content (AvgIpc) is 2.44. The van der Waals surface area contributed by atoms with Gasteiger partial charge >= 0.3 is 0 Å². The summed E-state index contributed by atoms with van der Waals surface area (Å²) in [6.07, 6.45) is 0.493. The van der Waals surface area contributed by atoms with E-state index in [0.29, 0.717) is 36.7 Å². The lowest BCUT2D eigenvalue weighted by atomic mass is 9.99. The van der Waals surface area contributed by atoms with E-state index in [2.05, 4.69) is 18.6 Å². The first kappa shape index (κ1) is 17.9. The van der Waals surface area contributed by atoms with Crippen molar-refractivity contribution in [1.82, 2.24) is 4.72 Å². The standard InChI is InChI=1S/C15H26N2O3S/c1-11(2)12(3)10-17-21(18,19)15-6-5-14(20-4)9-13(15)7-8-16/h5-6,9,11-12,17H,7-8,10,16H2,1-4H3. The van der Waals surface area contributed by atoms with Crippen LogP contribution in [0.15, 0.2) is 23.1 Å². The van der Waals surface area contributed by atoms with Gasteiger partial charge in [0.1, 0.15) is 5.75 Å². The molecule has 1 aromatic rings. The van der Waals surface area contributed by atoms with E-state index in [9.17, 15) is 8.42 Å². The molecule has 1 unspecified atom stereocenters. The van der Waals surface area contributed by atoms with Crippen LogP contribution >= 0.6 is 0 Å². The Balaban J connectivity index is 3.01. The Morgan fingerprint density at radius 3 is 2.48 bits per heavy atom. The lowest BCUT2D eigenvalue weighted by Crippen LogP contribution is -2.31. The van der Waals surface area contributed by atoms with E-state index in [0.717, 1.165) is 0 Å². The van der Waals surface area contributed by atoms with Gasteiger partial charge < -0.3 is 10.5 Å². The van der Waals surface area contributed by atoms with Gasteiger partial charge in [-0.3, -0.25) is 0 Å². The van der Waals surface area contributed by atoms with Crippen LogP contribution in [0.5, 0.6) is 5.75 Å². The van der Waals surface area contributed by atoms with Crippen LogP contribution in [-0.4, -0.2) is 28.6 Å². The Kier molecular flexibility index (Phi) is 6.64. The molecule has 1 aromatic carbocycles. The highest BCUT2D eigenvalue weighted by Gasteiger charge is 2.20. The molecular formula is C15H26N2O3S. The number of nitrogens with one attached hydrogen (secondary N) is 1. The summed E-state index contributed by atoms with van der Waals surface area (Å²) in [6, 6.07) is 4.96. The smallest absolute Gasteiger partial charge is 0.240 e. The molecule has 5 nitrogen and oxygen atoms in total. The zero-order valence-corrected chi connectivity index (χ0v) is 14.0. The van der Waals surface area contributed by atoms with Crippen molar-refractivity contribution in [2.45, 2.75) is 32.1 Å². The predicted octanol–water partition coefficient (Wildman–Crippen LogP) is 1.77. The van der Waals surface area contributed by atoms with Gasteiger partial charge in [-0.15, -0.1) is 0 Å².